The number of hydrogen-bond donors (Lipinski definition) is 1. The molecule has 2 rings (SSSR count). The highest BCUT2D eigenvalue weighted by Gasteiger charge is 2.03. The highest BCUT2D eigenvalue weighted by molar-refractivity contribution is 5.92. The number of terminal acetylenes is 1. The third kappa shape index (κ3) is 2.72. The first-order valence-electron chi connectivity index (χ1n) is 5.95. The van der Waals surface area contributed by atoms with E-state index < -0.39 is 0 Å². The number of anilines is 1. The van der Waals surface area contributed by atoms with Crippen LogP contribution in [0.1, 0.15) is 12.8 Å². The summed E-state index contributed by atoms with van der Waals surface area (Å²) in [7, 11) is 1.66. The van der Waals surface area contributed by atoms with Crippen LogP contribution in [0.15, 0.2) is 30.5 Å². The molecule has 0 saturated carbocycles. The molecule has 0 aliphatic rings. The van der Waals surface area contributed by atoms with Gasteiger partial charge in [0.05, 0.1) is 7.11 Å². The first-order valence-corrected chi connectivity index (χ1v) is 5.95. The van der Waals surface area contributed by atoms with Crippen LogP contribution in [-0.4, -0.2) is 18.6 Å². The topological polar surface area (TPSA) is 34.2 Å². The van der Waals surface area contributed by atoms with Crippen LogP contribution in [0.25, 0.3) is 10.8 Å². The second-order valence-electron chi connectivity index (χ2n) is 3.98. The van der Waals surface area contributed by atoms with Crippen molar-refractivity contribution in [3.05, 3.63) is 30.5 Å². The second kappa shape index (κ2) is 5.92. The van der Waals surface area contributed by atoms with Crippen LogP contribution in [-0.2, 0) is 0 Å². The smallest absolute Gasteiger partial charge is 0.133 e. The van der Waals surface area contributed by atoms with E-state index in [4.69, 9.17) is 11.2 Å². The molecule has 3 nitrogen and oxygen atoms in total. The first kappa shape index (κ1) is 12.3. The predicted molar refractivity (Wildman–Crippen MR) is 74.9 cm³/mol. The van der Waals surface area contributed by atoms with Crippen LogP contribution in [0.4, 0.5) is 5.82 Å². The lowest BCUT2D eigenvalue weighted by atomic mass is 10.1. The van der Waals surface area contributed by atoms with E-state index in [0.29, 0.717) is 0 Å². The molecular weight excluding hydrogens is 224 g/mol. The van der Waals surface area contributed by atoms with Gasteiger partial charge in [-0.15, -0.1) is 12.3 Å². The number of aromatic nitrogens is 1. The standard InChI is InChI=1S/C15H16N2O/c1-3-4-5-9-16-15-14-11-13(18-2)7-6-12(14)8-10-17-15/h1,6-8,10-11H,4-5,9H2,2H3,(H,16,17). The van der Waals surface area contributed by atoms with Gasteiger partial charge in [0, 0.05) is 24.5 Å². The minimum absolute atomic E-state index is 0.779. The van der Waals surface area contributed by atoms with Gasteiger partial charge in [-0.25, -0.2) is 4.98 Å². The zero-order valence-corrected chi connectivity index (χ0v) is 10.4. The van der Waals surface area contributed by atoms with Crippen molar-refractivity contribution in [1.82, 2.24) is 4.98 Å². The summed E-state index contributed by atoms with van der Waals surface area (Å²) >= 11 is 0. The van der Waals surface area contributed by atoms with Crippen LogP contribution in [0, 0.1) is 12.3 Å². The maximum absolute atomic E-state index is 5.24. The fraction of sp³-hybridized carbons (Fsp3) is 0.267. The van der Waals surface area contributed by atoms with Gasteiger partial charge in [0.25, 0.3) is 0 Å². The molecule has 0 amide bonds. The number of rotatable bonds is 5. The summed E-state index contributed by atoms with van der Waals surface area (Å²) in [6, 6.07) is 7.96. The van der Waals surface area contributed by atoms with Crippen molar-refractivity contribution in [3.8, 4) is 18.1 Å². The number of hydrogen-bond acceptors (Lipinski definition) is 3. The van der Waals surface area contributed by atoms with Gasteiger partial charge in [-0.2, -0.15) is 0 Å². The minimum atomic E-state index is 0.779. The molecule has 0 radical (unpaired) electrons. The minimum Gasteiger partial charge on any atom is -0.497 e. The molecule has 1 aromatic carbocycles. The van der Waals surface area contributed by atoms with Crippen molar-refractivity contribution < 1.29 is 4.74 Å². The number of unbranched alkanes of at least 4 members (excludes halogenated alkanes) is 1. The molecule has 1 heterocycles. The lowest BCUT2D eigenvalue weighted by Crippen LogP contribution is -2.03. The third-order valence-corrected chi connectivity index (χ3v) is 2.76. The van der Waals surface area contributed by atoms with E-state index in [0.717, 1.165) is 41.7 Å². The summed E-state index contributed by atoms with van der Waals surface area (Å²) in [6.07, 6.45) is 8.75. The van der Waals surface area contributed by atoms with E-state index >= 15 is 0 Å². The average Bonchev–Trinajstić information content (AvgIpc) is 2.43. The Hall–Kier alpha value is -2.21. The molecule has 0 unspecified atom stereocenters. The van der Waals surface area contributed by atoms with Gasteiger partial charge >= 0.3 is 0 Å². The van der Waals surface area contributed by atoms with Gasteiger partial charge in [-0.05, 0) is 30.0 Å². The lowest BCUT2D eigenvalue weighted by Gasteiger charge is -2.09. The molecule has 0 atom stereocenters. The Balaban J connectivity index is 2.23. The zero-order chi connectivity index (χ0) is 12.8. The number of methoxy groups -OCH3 is 1. The van der Waals surface area contributed by atoms with Crippen molar-refractivity contribution in [1.29, 1.82) is 0 Å². The Morgan fingerprint density at radius 3 is 3.06 bits per heavy atom. The summed E-state index contributed by atoms with van der Waals surface area (Å²) in [5.41, 5.74) is 0. The summed E-state index contributed by atoms with van der Waals surface area (Å²) in [5, 5.41) is 5.52. The van der Waals surface area contributed by atoms with Gasteiger partial charge in [0.15, 0.2) is 0 Å². The van der Waals surface area contributed by atoms with Gasteiger partial charge in [-0.1, -0.05) is 6.07 Å². The summed E-state index contributed by atoms with van der Waals surface area (Å²) < 4.78 is 5.24. The third-order valence-electron chi connectivity index (χ3n) is 2.76. The Morgan fingerprint density at radius 1 is 1.39 bits per heavy atom. The number of benzene rings is 1. The Labute approximate surface area is 107 Å². The van der Waals surface area contributed by atoms with Crippen LogP contribution >= 0.6 is 0 Å². The molecule has 0 bridgehead atoms. The van der Waals surface area contributed by atoms with E-state index in [1.54, 1.807) is 13.3 Å². The fourth-order valence-electron chi connectivity index (χ4n) is 1.81. The summed E-state index contributed by atoms with van der Waals surface area (Å²) in [6.45, 7) is 0.827. The normalized spacial score (nSPS) is 10.0. The number of pyridine rings is 1. The number of ether oxygens (including phenoxy) is 1. The average molecular weight is 240 g/mol. The molecule has 0 aliphatic carbocycles. The van der Waals surface area contributed by atoms with Crippen LogP contribution in [0.2, 0.25) is 0 Å². The molecule has 0 saturated heterocycles. The van der Waals surface area contributed by atoms with E-state index in [9.17, 15) is 0 Å². The van der Waals surface area contributed by atoms with Crippen molar-refractivity contribution in [3.63, 3.8) is 0 Å². The number of nitrogens with one attached hydrogen (secondary N) is 1. The van der Waals surface area contributed by atoms with E-state index in [-0.39, 0.29) is 0 Å². The fourth-order valence-corrected chi connectivity index (χ4v) is 1.81. The molecule has 1 N–H and O–H groups in total. The van der Waals surface area contributed by atoms with E-state index in [1.165, 1.54) is 0 Å². The monoisotopic (exact) mass is 240 g/mol. The largest absolute Gasteiger partial charge is 0.497 e. The quantitative estimate of drug-likeness (QED) is 0.644. The molecule has 2 aromatic rings. The Bertz CT molecular complexity index is 572. The van der Waals surface area contributed by atoms with Crippen LogP contribution in [0.3, 0.4) is 0 Å². The maximum Gasteiger partial charge on any atom is 0.133 e. The number of fused-ring (bicyclic) bond motifs is 1. The molecule has 1 aromatic heterocycles. The van der Waals surface area contributed by atoms with Crippen molar-refractivity contribution in [2.45, 2.75) is 12.8 Å². The van der Waals surface area contributed by atoms with Crippen molar-refractivity contribution in [2.24, 2.45) is 0 Å². The van der Waals surface area contributed by atoms with Crippen molar-refractivity contribution in [2.75, 3.05) is 19.0 Å². The van der Waals surface area contributed by atoms with Gasteiger partial charge in [0.2, 0.25) is 0 Å². The molecule has 18 heavy (non-hydrogen) atoms. The summed E-state index contributed by atoms with van der Waals surface area (Å²) in [5.74, 6) is 4.34. The van der Waals surface area contributed by atoms with Gasteiger partial charge in [-0.3, -0.25) is 0 Å². The maximum atomic E-state index is 5.24. The molecule has 0 fully saturated rings. The van der Waals surface area contributed by atoms with Crippen LogP contribution in [0.5, 0.6) is 5.75 Å². The summed E-state index contributed by atoms with van der Waals surface area (Å²) in [4.78, 5) is 4.36. The molecular formula is C15H16N2O. The molecule has 0 aliphatic heterocycles. The number of nitrogens with zero attached hydrogens (tertiary/aromatic N) is 1. The highest BCUT2D eigenvalue weighted by atomic mass is 16.5. The Morgan fingerprint density at radius 2 is 2.28 bits per heavy atom. The highest BCUT2D eigenvalue weighted by Crippen LogP contribution is 2.25. The molecule has 92 valence electrons. The SMILES string of the molecule is C#CCCCNc1nccc2ccc(OC)cc12. The Kier molecular flexibility index (Phi) is 4.03. The van der Waals surface area contributed by atoms with Gasteiger partial charge < -0.3 is 10.1 Å². The predicted octanol–water partition coefficient (Wildman–Crippen LogP) is 3.07. The van der Waals surface area contributed by atoms with Crippen LogP contribution < -0.4 is 10.1 Å². The molecule has 0 spiro atoms. The second-order valence-corrected chi connectivity index (χ2v) is 3.98. The first-order chi connectivity index (χ1) is 8.85. The zero-order valence-electron chi connectivity index (χ0n) is 10.4. The van der Waals surface area contributed by atoms with E-state index in [1.807, 2.05) is 24.3 Å². The van der Waals surface area contributed by atoms with Gasteiger partial charge in [0.1, 0.15) is 11.6 Å². The molecule has 3 heteroatoms. The van der Waals surface area contributed by atoms with E-state index in [2.05, 4.69) is 16.2 Å². The lowest BCUT2D eigenvalue weighted by molar-refractivity contribution is 0.415. The van der Waals surface area contributed by atoms with Crippen molar-refractivity contribution >= 4 is 16.6 Å².